The molecule has 0 saturated heterocycles. The largest absolute Gasteiger partial charge is 0.479 e. The minimum Gasteiger partial charge on any atom is -0.479 e. The maximum Gasteiger partial charge on any atom is 0.354 e. The molecule has 6 nitrogen and oxygen atoms in total. The van der Waals surface area contributed by atoms with Gasteiger partial charge in [-0.25, -0.2) is 9.59 Å². The van der Waals surface area contributed by atoms with Gasteiger partial charge in [0.15, 0.2) is 6.04 Å². The van der Waals surface area contributed by atoms with Gasteiger partial charge in [-0.15, -0.1) is 0 Å². The summed E-state index contributed by atoms with van der Waals surface area (Å²) >= 11 is 0. The summed E-state index contributed by atoms with van der Waals surface area (Å²) in [6.45, 7) is 3.14. The Morgan fingerprint density at radius 3 is 2.25 bits per heavy atom. The third-order valence-corrected chi connectivity index (χ3v) is 3.05. The summed E-state index contributed by atoms with van der Waals surface area (Å²) in [5, 5.41) is 18.8. The van der Waals surface area contributed by atoms with Gasteiger partial charge in [0.2, 0.25) is 0 Å². The molecule has 0 aliphatic carbocycles. The zero-order valence-electron chi connectivity index (χ0n) is 11.1. The van der Waals surface area contributed by atoms with E-state index >= 15 is 0 Å². The van der Waals surface area contributed by atoms with E-state index in [1.807, 2.05) is 0 Å². The van der Waals surface area contributed by atoms with Gasteiger partial charge in [0.05, 0.1) is 5.70 Å². The van der Waals surface area contributed by atoms with Gasteiger partial charge in [0.25, 0.3) is 0 Å². The first-order valence-electron chi connectivity index (χ1n) is 6.00. The van der Waals surface area contributed by atoms with E-state index in [2.05, 4.69) is 4.99 Å². The van der Waals surface area contributed by atoms with Crippen LogP contribution >= 0.6 is 0 Å². The number of para-hydroxylation sites is 1. The Bertz CT molecular complexity index is 619. The number of nitrogens with zero attached hydrogens (tertiary/aromatic N) is 2. The molecule has 6 heteroatoms. The van der Waals surface area contributed by atoms with E-state index in [9.17, 15) is 19.8 Å². The van der Waals surface area contributed by atoms with Gasteiger partial charge in [-0.3, -0.25) is 4.99 Å². The van der Waals surface area contributed by atoms with E-state index in [1.165, 1.54) is 4.90 Å². The molecule has 0 bridgehead atoms. The van der Waals surface area contributed by atoms with Crippen LogP contribution < -0.4 is 4.90 Å². The minimum atomic E-state index is -1.20. The van der Waals surface area contributed by atoms with E-state index in [4.69, 9.17) is 0 Å². The summed E-state index contributed by atoms with van der Waals surface area (Å²) in [6, 6.07) is 7.46. The van der Waals surface area contributed by atoms with Crippen LogP contribution in [0.25, 0.3) is 0 Å². The summed E-state index contributed by atoms with van der Waals surface area (Å²) in [4.78, 5) is 28.3. The Kier molecular flexibility index (Phi) is 3.56. The lowest BCUT2D eigenvalue weighted by Gasteiger charge is -2.34. The lowest BCUT2D eigenvalue weighted by molar-refractivity contribution is -0.137. The number of rotatable bonds is 3. The van der Waals surface area contributed by atoms with Gasteiger partial charge in [0.1, 0.15) is 5.70 Å². The van der Waals surface area contributed by atoms with Crippen LogP contribution in [-0.4, -0.2) is 33.9 Å². The Hall–Kier alpha value is -2.63. The Morgan fingerprint density at radius 2 is 1.75 bits per heavy atom. The fourth-order valence-corrected chi connectivity index (χ4v) is 2.28. The molecule has 1 aliphatic heterocycles. The molecule has 1 unspecified atom stereocenters. The number of aliphatic imine (C=N–C) groups is 1. The fourth-order valence-electron chi connectivity index (χ4n) is 2.28. The minimum absolute atomic E-state index is 0.116. The van der Waals surface area contributed by atoms with Crippen molar-refractivity contribution in [2.75, 3.05) is 4.90 Å². The van der Waals surface area contributed by atoms with Crippen molar-refractivity contribution >= 4 is 23.3 Å². The van der Waals surface area contributed by atoms with Crippen LogP contribution in [-0.2, 0) is 9.59 Å². The first-order valence-corrected chi connectivity index (χ1v) is 6.00. The SMILES string of the molecule is CC1=NC(C)=C(C(=O)O)N(c2ccccc2)C1C(=O)O. The topological polar surface area (TPSA) is 90.2 Å². The Labute approximate surface area is 115 Å². The van der Waals surface area contributed by atoms with Gasteiger partial charge in [0, 0.05) is 11.4 Å². The predicted molar refractivity (Wildman–Crippen MR) is 73.8 cm³/mol. The summed E-state index contributed by atoms with van der Waals surface area (Å²) in [5.74, 6) is -2.34. The monoisotopic (exact) mass is 274 g/mol. The molecule has 20 heavy (non-hydrogen) atoms. The average molecular weight is 274 g/mol. The number of benzene rings is 1. The Balaban J connectivity index is 2.65. The number of anilines is 1. The van der Waals surface area contributed by atoms with Crippen molar-refractivity contribution in [1.82, 2.24) is 0 Å². The van der Waals surface area contributed by atoms with Crippen LogP contribution in [0, 0.1) is 0 Å². The van der Waals surface area contributed by atoms with Crippen molar-refractivity contribution in [1.29, 1.82) is 0 Å². The molecule has 0 radical (unpaired) electrons. The molecule has 1 aromatic carbocycles. The molecule has 0 spiro atoms. The zero-order valence-corrected chi connectivity index (χ0v) is 11.1. The van der Waals surface area contributed by atoms with Gasteiger partial charge < -0.3 is 15.1 Å². The number of hydrogen-bond acceptors (Lipinski definition) is 4. The molecule has 0 fully saturated rings. The van der Waals surface area contributed by atoms with Crippen LogP contribution in [0.3, 0.4) is 0 Å². The van der Waals surface area contributed by atoms with Gasteiger partial charge in [-0.2, -0.15) is 0 Å². The van der Waals surface area contributed by atoms with Crippen LogP contribution in [0.4, 0.5) is 5.69 Å². The first-order chi connectivity index (χ1) is 9.43. The molecule has 1 aromatic rings. The van der Waals surface area contributed by atoms with E-state index in [0.29, 0.717) is 11.4 Å². The lowest BCUT2D eigenvalue weighted by Crippen LogP contribution is -2.49. The van der Waals surface area contributed by atoms with Gasteiger partial charge >= 0.3 is 11.9 Å². The quantitative estimate of drug-likeness (QED) is 0.876. The van der Waals surface area contributed by atoms with Crippen molar-refractivity contribution in [3.05, 3.63) is 41.7 Å². The molecular formula is C14H14N2O4. The van der Waals surface area contributed by atoms with Crippen molar-refractivity contribution in [2.24, 2.45) is 4.99 Å². The highest BCUT2D eigenvalue weighted by Crippen LogP contribution is 2.29. The molecule has 2 rings (SSSR count). The van der Waals surface area contributed by atoms with E-state index in [1.54, 1.807) is 44.2 Å². The molecule has 0 amide bonds. The molecule has 1 atom stereocenters. The van der Waals surface area contributed by atoms with Crippen LogP contribution in [0.1, 0.15) is 13.8 Å². The van der Waals surface area contributed by atoms with Crippen molar-refractivity contribution in [3.63, 3.8) is 0 Å². The average Bonchev–Trinajstić information content (AvgIpc) is 2.37. The van der Waals surface area contributed by atoms with Crippen molar-refractivity contribution in [3.8, 4) is 0 Å². The lowest BCUT2D eigenvalue weighted by atomic mass is 10.0. The van der Waals surface area contributed by atoms with Crippen molar-refractivity contribution in [2.45, 2.75) is 19.9 Å². The number of carbonyl (C=O) groups is 2. The Morgan fingerprint density at radius 1 is 1.15 bits per heavy atom. The highest BCUT2D eigenvalue weighted by Gasteiger charge is 2.37. The second kappa shape index (κ2) is 5.16. The standard InChI is InChI=1S/C14H14N2O4/c1-8-11(13(17)18)16(10-6-4-3-5-7-10)12(14(19)20)9(2)15-8/h3-7,11H,1-2H3,(H,17,18)(H,19,20). The van der Waals surface area contributed by atoms with E-state index in [0.717, 1.165) is 0 Å². The molecule has 0 aromatic heterocycles. The molecule has 1 aliphatic rings. The first kappa shape index (κ1) is 13.8. The summed E-state index contributed by atoms with van der Waals surface area (Å²) < 4.78 is 0. The smallest absolute Gasteiger partial charge is 0.354 e. The van der Waals surface area contributed by atoms with Crippen LogP contribution in [0.5, 0.6) is 0 Å². The normalized spacial score (nSPS) is 18.8. The number of allylic oxidation sites excluding steroid dienone is 1. The number of aliphatic carboxylic acids is 2. The molecular weight excluding hydrogens is 260 g/mol. The molecule has 2 N–H and O–H groups in total. The zero-order chi connectivity index (χ0) is 14.9. The van der Waals surface area contributed by atoms with E-state index < -0.39 is 18.0 Å². The second-order valence-electron chi connectivity index (χ2n) is 4.44. The van der Waals surface area contributed by atoms with Crippen molar-refractivity contribution < 1.29 is 19.8 Å². The molecule has 0 saturated carbocycles. The highest BCUT2D eigenvalue weighted by atomic mass is 16.4. The summed E-state index contributed by atoms with van der Waals surface area (Å²) in [7, 11) is 0. The second-order valence-corrected chi connectivity index (χ2v) is 4.44. The summed E-state index contributed by atoms with van der Waals surface area (Å²) in [6.07, 6.45) is 0. The predicted octanol–water partition coefficient (Wildman–Crippen LogP) is 1.74. The van der Waals surface area contributed by atoms with Crippen LogP contribution in [0.2, 0.25) is 0 Å². The van der Waals surface area contributed by atoms with Gasteiger partial charge in [-0.05, 0) is 26.0 Å². The highest BCUT2D eigenvalue weighted by molar-refractivity contribution is 6.12. The molecule has 104 valence electrons. The van der Waals surface area contributed by atoms with E-state index in [-0.39, 0.29) is 11.4 Å². The third-order valence-electron chi connectivity index (χ3n) is 3.05. The fraction of sp³-hybridized carbons (Fsp3) is 0.214. The summed E-state index contributed by atoms with van der Waals surface area (Å²) in [5.41, 5.74) is 1.03. The van der Waals surface area contributed by atoms with Gasteiger partial charge in [-0.1, -0.05) is 18.2 Å². The van der Waals surface area contributed by atoms with Crippen LogP contribution in [0.15, 0.2) is 46.7 Å². The maximum atomic E-state index is 11.5. The maximum absolute atomic E-state index is 11.5. The number of carboxylic acids is 2. The molecule has 1 heterocycles. The third kappa shape index (κ3) is 2.27. The number of carboxylic acid groups (broad SMARTS) is 2. The number of hydrogen-bond donors (Lipinski definition) is 2.